The molecular formula is C14H18N2O2S2. The molecule has 0 aromatic heterocycles. The minimum Gasteiger partial charge on any atom is -0.316 e. The first-order chi connectivity index (χ1) is 9.37. The van der Waals surface area contributed by atoms with Gasteiger partial charge in [-0.15, -0.1) is 0 Å². The zero-order valence-corrected chi connectivity index (χ0v) is 13.2. The zero-order valence-electron chi connectivity index (χ0n) is 11.5. The van der Waals surface area contributed by atoms with Crippen molar-refractivity contribution in [3.8, 4) is 0 Å². The summed E-state index contributed by atoms with van der Waals surface area (Å²) in [7, 11) is -2.95. The SMILES string of the molecule is CC(C)c1ccc(N2C(=N)S[C@H]3CS(=O)(=O)C[C@H]32)cc1. The lowest BCUT2D eigenvalue weighted by atomic mass is 10.0. The molecule has 0 aliphatic carbocycles. The summed E-state index contributed by atoms with van der Waals surface area (Å²) in [6.07, 6.45) is 0. The number of nitrogens with zero attached hydrogens (tertiary/aromatic N) is 1. The molecule has 2 fully saturated rings. The Morgan fingerprint density at radius 2 is 1.90 bits per heavy atom. The van der Waals surface area contributed by atoms with Gasteiger partial charge in [-0.1, -0.05) is 37.7 Å². The summed E-state index contributed by atoms with van der Waals surface area (Å²) in [5.41, 5.74) is 2.18. The van der Waals surface area contributed by atoms with Gasteiger partial charge in [-0.05, 0) is 23.6 Å². The highest BCUT2D eigenvalue weighted by atomic mass is 32.2. The highest BCUT2D eigenvalue weighted by Gasteiger charge is 2.48. The highest BCUT2D eigenvalue weighted by Crippen LogP contribution is 2.40. The number of anilines is 1. The number of benzene rings is 1. The molecule has 6 heteroatoms. The Morgan fingerprint density at radius 3 is 2.50 bits per heavy atom. The molecule has 2 aliphatic heterocycles. The van der Waals surface area contributed by atoms with Gasteiger partial charge in [0.15, 0.2) is 15.0 Å². The maximum Gasteiger partial charge on any atom is 0.161 e. The van der Waals surface area contributed by atoms with Crippen molar-refractivity contribution in [2.24, 2.45) is 0 Å². The lowest BCUT2D eigenvalue weighted by Crippen LogP contribution is -2.37. The molecule has 0 radical (unpaired) electrons. The third-order valence-electron chi connectivity index (χ3n) is 3.92. The molecule has 0 spiro atoms. The number of sulfone groups is 1. The van der Waals surface area contributed by atoms with E-state index in [1.807, 2.05) is 17.0 Å². The normalized spacial score (nSPS) is 28.1. The maximum absolute atomic E-state index is 11.8. The number of nitrogens with one attached hydrogen (secondary N) is 1. The van der Waals surface area contributed by atoms with Gasteiger partial charge < -0.3 is 4.90 Å². The second kappa shape index (κ2) is 4.77. The Bertz CT molecular complexity index is 638. The van der Waals surface area contributed by atoms with Crippen molar-refractivity contribution in [3.63, 3.8) is 0 Å². The average Bonchev–Trinajstić information content (AvgIpc) is 2.79. The number of fused-ring (bicyclic) bond motifs is 1. The minimum atomic E-state index is -2.95. The van der Waals surface area contributed by atoms with Gasteiger partial charge in [0.05, 0.1) is 17.5 Å². The van der Waals surface area contributed by atoms with Gasteiger partial charge in [0.2, 0.25) is 0 Å². The summed E-state index contributed by atoms with van der Waals surface area (Å²) in [6, 6.07) is 8.04. The molecule has 1 aromatic carbocycles. The van der Waals surface area contributed by atoms with E-state index in [0.29, 0.717) is 11.1 Å². The molecule has 1 aromatic rings. The van der Waals surface area contributed by atoms with Crippen LogP contribution in [0.5, 0.6) is 0 Å². The van der Waals surface area contributed by atoms with Crippen LogP contribution in [0.3, 0.4) is 0 Å². The van der Waals surface area contributed by atoms with E-state index in [4.69, 9.17) is 5.41 Å². The third kappa shape index (κ3) is 2.35. The first-order valence-corrected chi connectivity index (χ1v) is 9.42. The fraction of sp³-hybridized carbons (Fsp3) is 0.500. The van der Waals surface area contributed by atoms with Crippen molar-refractivity contribution >= 4 is 32.5 Å². The van der Waals surface area contributed by atoms with Crippen LogP contribution in [0.1, 0.15) is 25.3 Å². The molecule has 0 amide bonds. The Labute approximate surface area is 124 Å². The second-order valence-corrected chi connectivity index (χ2v) is 9.10. The van der Waals surface area contributed by atoms with Crippen LogP contribution in [0.4, 0.5) is 5.69 Å². The van der Waals surface area contributed by atoms with E-state index in [0.717, 1.165) is 5.69 Å². The van der Waals surface area contributed by atoms with Crippen molar-refractivity contribution < 1.29 is 8.42 Å². The molecule has 0 saturated carbocycles. The van der Waals surface area contributed by atoms with Crippen LogP contribution in [0.15, 0.2) is 24.3 Å². The van der Waals surface area contributed by atoms with Crippen molar-refractivity contribution in [1.29, 1.82) is 5.41 Å². The predicted molar refractivity (Wildman–Crippen MR) is 84.6 cm³/mol. The third-order valence-corrected chi connectivity index (χ3v) is 7.05. The van der Waals surface area contributed by atoms with E-state index < -0.39 is 9.84 Å². The number of hydrogen-bond donors (Lipinski definition) is 1. The highest BCUT2D eigenvalue weighted by molar-refractivity contribution is 8.15. The van der Waals surface area contributed by atoms with E-state index in [1.54, 1.807) is 0 Å². The van der Waals surface area contributed by atoms with Crippen molar-refractivity contribution in [3.05, 3.63) is 29.8 Å². The second-order valence-electron chi connectivity index (χ2n) is 5.72. The van der Waals surface area contributed by atoms with Crippen LogP contribution < -0.4 is 4.90 Å². The minimum absolute atomic E-state index is 0.0114. The van der Waals surface area contributed by atoms with Crippen LogP contribution in [-0.4, -0.2) is 36.4 Å². The average molecular weight is 310 g/mol. The molecule has 20 heavy (non-hydrogen) atoms. The van der Waals surface area contributed by atoms with Gasteiger partial charge >= 0.3 is 0 Å². The summed E-state index contributed by atoms with van der Waals surface area (Å²) >= 11 is 1.38. The Morgan fingerprint density at radius 1 is 1.25 bits per heavy atom. The van der Waals surface area contributed by atoms with Crippen LogP contribution in [0.2, 0.25) is 0 Å². The summed E-state index contributed by atoms with van der Waals surface area (Å²) < 4.78 is 23.5. The molecule has 2 heterocycles. The molecule has 4 nitrogen and oxygen atoms in total. The predicted octanol–water partition coefficient (Wildman–Crippen LogP) is 2.46. The van der Waals surface area contributed by atoms with Gasteiger partial charge in [0, 0.05) is 10.9 Å². The van der Waals surface area contributed by atoms with Crippen LogP contribution >= 0.6 is 11.8 Å². The Balaban J connectivity index is 1.91. The summed E-state index contributed by atoms with van der Waals surface area (Å²) in [5.74, 6) is 0.834. The molecule has 3 rings (SSSR count). The molecular weight excluding hydrogens is 292 g/mol. The largest absolute Gasteiger partial charge is 0.316 e. The summed E-state index contributed by atoms with van der Waals surface area (Å²) in [5, 5.41) is 8.58. The van der Waals surface area contributed by atoms with E-state index in [1.165, 1.54) is 17.3 Å². The molecule has 108 valence electrons. The monoisotopic (exact) mass is 310 g/mol. The summed E-state index contributed by atoms with van der Waals surface area (Å²) in [6.45, 7) is 4.28. The lowest BCUT2D eigenvalue weighted by Gasteiger charge is -2.24. The lowest BCUT2D eigenvalue weighted by molar-refractivity contribution is 0.601. The van der Waals surface area contributed by atoms with Crippen LogP contribution in [0.25, 0.3) is 0 Å². The number of amidine groups is 1. The number of rotatable bonds is 2. The van der Waals surface area contributed by atoms with E-state index in [9.17, 15) is 8.42 Å². The van der Waals surface area contributed by atoms with Gasteiger partial charge in [0.25, 0.3) is 0 Å². The smallest absolute Gasteiger partial charge is 0.161 e. The number of hydrogen-bond acceptors (Lipinski definition) is 4. The maximum atomic E-state index is 11.8. The fourth-order valence-electron chi connectivity index (χ4n) is 2.83. The molecule has 0 bridgehead atoms. The Hall–Kier alpha value is -1.01. The van der Waals surface area contributed by atoms with Gasteiger partial charge in [-0.25, -0.2) is 8.42 Å². The topological polar surface area (TPSA) is 61.2 Å². The number of thioether (sulfide) groups is 1. The van der Waals surface area contributed by atoms with Crippen LogP contribution in [-0.2, 0) is 9.84 Å². The quantitative estimate of drug-likeness (QED) is 0.911. The molecule has 2 saturated heterocycles. The van der Waals surface area contributed by atoms with E-state index in [2.05, 4.69) is 26.0 Å². The molecule has 2 aliphatic rings. The fourth-order valence-corrected chi connectivity index (χ4v) is 6.62. The van der Waals surface area contributed by atoms with E-state index in [-0.39, 0.29) is 22.8 Å². The standard InChI is InChI=1S/C14H18N2O2S2/c1-9(2)10-3-5-11(6-4-10)16-12-7-20(17,18)8-13(12)19-14(16)15/h3-6,9,12-13,15H,7-8H2,1-2H3/t12-,13+/m1/s1. The molecule has 2 atom stereocenters. The van der Waals surface area contributed by atoms with Crippen molar-refractivity contribution in [1.82, 2.24) is 0 Å². The van der Waals surface area contributed by atoms with Gasteiger partial charge in [-0.2, -0.15) is 0 Å². The van der Waals surface area contributed by atoms with Crippen molar-refractivity contribution in [2.45, 2.75) is 31.1 Å². The molecule has 1 N–H and O–H groups in total. The first-order valence-electron chi connectivity index (χ1n) is 6.72. The summed E-state index contributed by atoms with van der Waals surface area (Å²) in [4.78, 5) is 1.88. The van der Waals surface area contributed by atoms with Crippen LogP contribution in [0, 0.1) is 5.41 Å². The van der Waals surface area contributed by atoms with E-state index >= 15 is 0 Å². The first kappa shape index (κ1) is 13.9. The molecule has 0 unspecified atom stereocenters. The Kier molecular flexibility index (Phi) is 3.33. The van der Waals surface area contributed by atoms with Gasteiger partial charge in [-0.3, -0.25) is 5.41 Å². The zero-order chi connectivity index (χ0) is 14.5. The van der Waals surface area contributed by atoms with Gasteiger partial charge in [0.1, 0.15) is 0 Å². The van der Waals surface area contributed by atoms with Crippen molar-refractivity contribution in [2.75, 3.05) is 16.4 Å².